The average molecular weight is 378 g/mol. The van der Waals surface area contributed by atoms with E-state index in [1.165, 1.54) is 0 Å². The van der Waals surface area contributed by atoms with Gasteiger partial charge in [0.25, 0.3) is 0 Å². The van der Waals surface area contributed by atoms with Crippen molar-refractivity contribution < 1.29 is 0 Å². The third kappa shape index (κ3) is 3.48. The first-order chi connectivity index (χ1) is 13.8. The second-order valence-electron chi connectivity index (χ2n) is 6.05. The van der Waals surface area contributed by atoms with Crippen LogP contribution in [-0.4, -0.2) is 9.78 Å². The van der Waals surface area contributed by atoms with E-state index in [9.17, 15) is 5.26 Å². The fourth-order valence-electron chi connectivity index (χ4n) is 2.90. The summed E-state index contributed by atoms with van der Waals surface area (Å²) in [6, 6.07) is 25.3. The van der Waals surface area contributed by atoms with Crippen LogP contribution in [0.1, 0.15) is 16.7 Å². The van der Waals surface area contributed by atoms with Gasteiger partial charge in [-0.1, -0.05) is 36.4 Å². The summed E-state index contributed by atoms with van der Waals surface area (Å²) < 4.78 is 1.82. The van der Waals surface area contributed by atoms with Gasteiger partial charge >= 0.3 is 0 Å². The summed E-state index contributed by atoms with van der Waals surface area (Å²) in [6.07, 6.45) is 3.76. The van der Waals surface area contributed by atoms with E-state index in [0.717, 1.165) is 21.8 Å². The highest BCUT2D eigenvalue weighted by Gasteiger charge is 2.13. The monoisotopic (exact) mass is 378 g/mol. The molecule has 2 heterocycles. The molecular formula is C23H14N4S. The normalized spacial score (nSPS) is 11.0. The van der Waals surface area contributed by atoms with Gasteiger partial charge in [-0.25, -0.2) is 4.68 Å². The Morgan fingerprint density at radius 3 is 2.57 bits per heavy atom. The lowest BCUT2D eigenvalue weighted by Gasteiger charge is -2.00. The third-order valence-electron chi connectivity index (χ3n) is 4.24. The lowest BCUT2D eigenvalue weighted by Crippen LogP contribution is -1.93. The summed E-state index contributed by atoms with van der Waals surface area (Å²) in [7, 11) is 0. The molecule has 0 spiro atoms. The van der Waals surface area contributed by atoms with Crippen LogP contribution < -0.4 is 0 Å². The van der Waals surface area contributed by atoms with Crippen molar-refractivity contribution in [2.45, 2.75) is 0 Å². The highest BCUT2D eigenvalue weighted by Crippen LogP contribution is 2.30. The number of nitrogens with zero attached hydrogens (tertiary/aromatic N) is 4. The quantitative estimate of drug-likeness (QED) is 0.438. The SMILES string of the molecule is N#CC(=Cc1cn(-c2ccccc2)nc1-c1cccs1)c1cccc(C#N)c1. The molecule has 0 unspecified atom stereocenters. The first kappa shape index (κ1) is 17.5. The third-order valence-corrected chi connectivity index (χ3v) is 5.12. The van der Waals surface area contributed by atoms with Crippen molar-refractivity contribution in [2.24, 2.45) is 0 Å². The molecule has 0 atom stereocenters. The first-order valence-electron chi connectivity index (χ1n) is 8.60. The van der Waals surface area contributed by atoms with Crippen LogP contribution in [0.5, 0.6) is 0 Å². The van der Waals surface area contributed by atoms with Gasteiger partial charge in [-0.3, -0.25) is 0 Å². The van der Waals surface area contributed by atoms with E-state index < -0.39 is 0 Å². The van der Waals surface area contributed by atoms with Gasteiger partial charge < -0.3 is 0 Å². The van der Waals surface area contributed by atoms with Gasteiger partial charge in [0.1, 0.15) is 5.69 Å². The maximum absolute atomic E-state index is 9.72. The zero-order valence-corrected chi connectivity index (χ0v) is 15.6. The van der Waals surface area contributed by atoms with Crippen molar-refractivity contribution >= 4 is 23.0 Å². The topological polar surface area (TPSA) is 65.4 Å². The van der Waals surface area contributed by atoms with E-state index in [2.05, 4.69) is 12.1 Å². The Labute approximate surface area is 166 Å². The van der Waals surface area contributed by atoms with Gasteiger partial charge in [0.15, 0.2) is 0 Å². The Bertz CT molecular complexity index is 1220. The molecule has 0 saturated carbocycles. The predicted octanol–water partition coefficient (Wildman–Crippen LogP) is 5.54. The van der Waals surface area contributed by atoms with Gasteiger partial charge in [0.2, 0.25) is 0 Å². The fourth-order valence-corrected chi connectivity index (χ4v) is 3.63. The Morgan fingerprint density at radius 2 is 1.86 bits per heavy atom. The summed E-state index contributed by atoms with van der Waals surface area (Å²) in [5, 5.41) is 25.6. The molecule has 0 aliphatic heterocycles. The molecule has 0 fully saturated rings. The Morgan fingerprint density at radius 1 is 1.00 bits per heavy atom. The van der Waals surface area contributed by atoms with Gasteiger partial charge in [-0.15, -0.1) is 11.3 Å². The number of thiophene rings is 1. The van der Waals surface area contributed by atoms with Gasteiger partial charge in [-0.2, -0.15) is 15.6 Å². The fraction of sp³-hybridized carbons (Fsp3) is 0. The molecule has 0 N–H and O–H groups in total. The second kappa shape index (κ2) is 7.75. The van der Waals surface area contributed by atoms with Crippen LogP contribution in [0.4, 0.5) is 0 Å². The summed E-state index contributed by atoms with van der Waals surface area (Å²) in [4.78, 5) is 1.03. The summed E-state index contributed by atoms with van der Waals surface area (Å²) in [5.74, 6) is 0. The van der Waals surface area contributed by atoms with Gasteiger partial charge in [0.05, 0.1) is 33.8 Å². The summed E-state index contributed by atoms with van der Waals surface area (Å²) in [6.45, 7) is 0. The van der Waals surface area contributed by atoms with Crippen LogP contribution in [0.2, 0.25) is 0 Å². The lowest BCUT2D eigenvalue weighted by atomic mass is 10.0. The largest absolute Gasteiger partial charge is 0.240 e. The molecule has 2 aromatic heterocycles. The molecule has 28 heavy (non-hydrogen) atoms. The summed E-state index contributed by atoms with van der Waals surface area (Å²) in [5.41, 5.74) is 4.35. The Kier molecular flexibility index (Phi) is 4.84. The predicted molar refractivity (Wildman–Crippen MR) is 112 cm³/mol. The molecule has 132 valence electrons. The van der Waals surface area contributed by atoms with Crippen LogP contribution in [0.25, 0.3) is 27.9 Å². The van der Waals surface area contributed by atoms with E-state index in [-0.39, 0.29) is 0 Å². The molecule has 4 nitrogen and oxygen atoms in total. The van der Waals surface area contributed by atoms with Gasteiger partial charge in [-0.05, 0) is 47.4 Å². The first-order valence-corrected chi connectivity index (χ1v) is 9.48. The van der Waals surface area contributed by atoms with E-state index >= 15 is 0 Å². The Hall–Kier alpha value is -3.93. The Balaban J connectivity index is 1.86. The van der Waals surface area contributed by atoms with Crippen LogP contribution >= 0.6 is 11.3 Å². The van der Waals surface area contributed by atoms with Gasteiger partial charge in [0, 0.05) is 11.8 Å². The molecule has 5 heteroatoms. The summed E-state index contributed by atoms with van der Waals surface area (Å²) >= 11 is 1.60. The van der Waals surface area contributed by atoms with Crippen LogP contribution in [0, 0.1) is 22.7 Å². The zero-order valence-electron chi connectivity index (χ0n) is 14.8. The number of allylic oxidation sites excluding steroid dienone is 1. The standard InChI is InChI=1S/C23H14N4S/c24-14-17-6-4-7-18(12-17)19(15-25)13-20-16-27(21-8-2-1-3-9-21)26-23(20)22-10-5-11-28-22/h1-13,16H. The molecule has 0 saturated heterocycles. The van der Waals surface area contributed by atoms with Crippen LogP contribution in [-0.2, 0) is 0 Å². The van der Waals surface area contributed by atoms with E-state index in [1.807, 2.05) is 70.9 Å². The number of para-hydroxylation sites is 1. The molecular weight excluding hydrogens is 364 g/mol. The second-order valence-corrected chi connectivity index (χ2v) is 7.00. The van der Waals surface area contributed by atoms with E-state index in [1.54, 1.807) is 29.5 Å². The number of hydrogen-bond donors (Lipinski definition) is 0. The molecule has 0 bridgehead atoms. The zero-order chi connectivity index (χ0) is 19.3. The minimum absolute atomic E-state index is 0.488. The molecule has 0 aliphatic rings. The van der Waals surface area contributed by atoms with Crippen molar-refractivity contribution in [1.29, 1.82) is 10.5 Å². The van der Waals surface area contributed by atoms with Crippen molar-refractivity contribution in [3.05, 3.63) is 95.0 Å². The molecule has 0 aliphatic carbocycles. The molecule has 0 radical (unpaired) electrons. The number of nitriles is 2. The number of aromatic nitrogens is 2. The maximum atomic E-state index is 9.72. The van der Waals surface area contributed by atoms with Crippen LogP contribution in [0.3, 0.4) is 0 Å². The highest BCUT2D eigenvalue weighted by atomic mass is 32.1. The minimum Gasteiger partial charge on any atom is -0.240 e. The minimum atomic E-state index is 0.488. The number of rotatable bonds is 4. The van der Waals surface area contributed by atoms with Crippen molar-refractivity contribution in [2.75, 3.05) is 0 Å². The lowest BCUT2D eigenvalue weighted by molar-refractivity contribution is 0.885. The molecule has 4 rings (SSSR count). The smallest absolute Gasteiger partial charge is 0.110 e. The van der Waals surface area contributed by atoms with Crippen molar-refractivity contribution in [3.8, 4) is 28.4 Å². The molecule has 0 amide bonds. The number of hydrogen-bond acceptors (Lipinski definition) is 4. The van der Waals surface area contributed by atoms with E-state index in [0.29, 0.717) is 16.7 Å². The van der Waals surface area contributed by atoms with Crippen LogP contribution in [0.15, 0.2) is 78.3 Å². The molecule has 4 aromatic rings. The van der Waals surface area contributed by atoms with Crippen molar-refractivity contribution in [1.82, 2.24) is 9.78 Å². The molecule has 2 aromatic carbocycles. The van der Waals surface area contributed by atoms with E-state index in [4.69, 9.17) is 10.4 Å². The average Bonchev–Trinajstić information content (AvgIpc) is 3.42. The number of benzene rings is 2. The maximum Gasteiger partial charge on any atom is 0.110 e. The highest BCUT2D eigenvalue weighted by molar-refractivity contribution is 7.13. The van der Waals surface area contributed by atoms with Crippen molar-refractivity contribution in [3.63, 3.8) is 0 Å².